The number of aryl methyl sites for hydroxylation is 1. The van der Waals surface area contributed by atoms with Crippen molar-refractivity contribution in [3.63, 3.8) is 0 Å². The summed E-state index contributed by atoms with van der Waals surface area (Å²) in [6, 6.07) is 11.2. The summed E-state index contributed by atoms with van der Waals surface area (Å²) in [5.41, 5.74) is 3.54. The number of anilines is 1. The van der Waals surface area contributed by atoms with Crippen LogP contribution in [-0.4, -0.2) is 47.1 Å². The Kier molecular flexibility index (Phi) is 6.50. The van der Waals surface area contributed by atoms with Gasteiger partial charge in [0, 0.05) is 31.8 Å². The summed E-state index contributed by atoms with van der Waals surface area (Å²) in [6.07, 6.45) is 5.38. The van der Waals surface area contributed by atoms with Gasteiger partial charge in [-0.1, -0.05) is 18.2 Å². The third-order valence-corrected chi connectivity index (χ3v) is 8.21. The number of nitrogens with one attached hydrogen (secondary N) is 2. The number of benzene rings is 2. The molecule has 1 saturated carbocycles. The zero-order valence-corrected chi connectivity index (χ0v) is 20.9. The molecule has 0 amide bonds. The van der Waals surface area contributed by atoms with E-state index < -0.39 is 15.8 Å². The molecule has 0 radical (unpaired) electrons. The molecule has 2 heterocycles. The third kappa shape index (κ3) is 4.59. The monoisotopic (exact) mass is 511 g/mol. The van der Waals surface area contributed by atoms with Crippen LogP contribution in [0.2, 0.25) is 0 Å². The van der Waals surface area contributed by atoms with Crippen molar-refractivity contribution in [1.82, 2.24) is 19.1 Å². The van der Waals surface area contributed by atoms with E-state index in [4.69, 9.17) is 0 Å². The average molecular weight is 512 g/mol. The van der Waals surface area contributed by atoms with Gasteiger partial charge >= 0.3 is 0 Å². The minimum Gasteiger partial charge on any atom is -0.393 e. The highest BCUT2D eigenvalue weighted by atomic mass is 32.2. The number of aliphatic hydroxyl groups is 1. The smallest absolute Gasteiger partial charge is 0.240 e. The molecule has 4 aromatic rings. The second kappa shape index (κ2) is 9.61. The average Bonchev–Trinajstić information content (AvgIpc) is 3.29. The molecule has 8 nitrogen and oxygen atoms in total. The van der Waals surface area contributed by atoms with Gasteiger partial charge in [0.25, 0.3) is 0 Å². The summed E-state index contributed by atoms with van der Waals surface area (Å²) in [5.74, 6) is 0.0863. The molecule has 0 bridgehead atoms. The zero-order chi connectivity index (χ0) is 25.4. The first-order valence-corrected chi connectivity index (χ1v) is 13.4. The van der Waals surface area contributed by atoms with Crippen molar-refractivity contribution in [2.75, 3.05) is 12.4 Å². The van der Waals surface area contributed by atoms with Crippen molar-refractivity contribution in [3.8, 4) is 22.5 Å². The molecule has 10 heteroatoms. The Bertz CT molecular complexity index is 1530. The molecule has 1 fully saturated rings. The molecule has 0 atom stereocenters. The summed E-state index contributed by atoms with van der Waals surface area (Å²) in [6.45, 7) is 1.90. The van der Waals surface area contributed by atoms with Gasteiger partial charge in [-0.05, 0) is 62.4 Å². The minimum atomic E-state index is -3.77. The quantitative estimate of drug-likeness (QED) is 0.355. The number of halogens is 1. The molecule has 0 unspecified atom stereocenters. The van der Waals surface area contributed by atoms with Gasteiger partial charge in [-0.25, -0.2) is 27.5 Å². The first kappa shape index (κ1) is 24.4. The Morgan fingerprint density at radius 2 is 1.86 bits per heavy atom. The number of imidazole rings is 1. The van der Waals surface area contributed by atoms with Crippen molar-refractivity contribution >= 4 is 21.5 Å². The van der Waals surface area contributed by atoms with Crippen molar-refractivity contribution in [3.05, 3.63) is 66.2 Å². The van der Waals surface area contributed by atoms with Crippen LogP contribution in [0.5, 0.6) is 0 Å². The van der Waals surface area contributed by atoms with Crippen LogP contribution in [0.25, 0.3) is 28.2 Å². The van der Waals surface area contributed by atoms with Crippen molar-refractivity contribution < 1.29 is 19.3 Å². The Morgan fingerprint density at radius 3 is 2.58 bits per heavy atom. The van der Waals surface area contributed by atoms with Gasteiger partial charge in [-0.3, -0.25) is 4.40 Å². The lowest BCUT2D eigenvalue weighted by atomic mass is 9.94. The predicted octanol–water partition coefficient (Wildman–Crippen LogP) is 4.38. The van der Waals surface area contributed by atoms with Crippen LogP contribution in [0.3, 0.4) is 0 Å². The number of nitrogens with zero attached hydrogens (tertiary/aromatic N) is 3. The van der Waals surface area contributed by atoms with Crippen molar-refractivity contribution in [1.29, 1.82) is 0 Å². The molecule has 0 spiro atoms. The molecule has 0 saturated heterocycles. The first-order chi connectivity index (χ1) is 17.3. The van der Waals surface area contributed by atoms with Crippen LogP contribution >= 0.6 is 0 Å². The molecule has 1 aliphatic rings. The van der Waals surface area contributed by atoms with E-state index in [2.05, 4.69) is 20.0 Å². The second-order valence-corrected chi connectivity index (χ2v) is 10.9. The summed E-state index contributed by atoms with van der Waals surface area (Å²) in [4.78, 5) is 9.22. The van der Waals surface area contributed by atoms with Gasteiger partial charge in [0.1, 0.15) is 5.82 Å². The van der Waals surface area contributed by atoms with E-state index in [1.54, 1.807) is 60.2 Å². The molecule has 0 aliphatic heterocycles. The van der Waals surface area contributed by atoms with Gasteiger partial charge in [-0.2, -0.15) is 0 Å². The molecule has 3 N–H and O–H groups in total. The normalized spacial score (nSPS) is 18.4. The molecular formula is C26H30FN5O3S. The maximum Gasteiger partial charge on any atom is 0.240 e. The van der Waals surface area contributed by atoms with Gasteiger partial charge in [0.2, 0.25) is 10.0 Å². The lowest BCUT2D eigenvalue weighted by Crippen LogP contribution is -2.38. The predicted molar refractivity (Wildman–Crippen MR) is 139 cm³/mol. The van der Waals surface area contributed by atoms with Crippen molar-refractivity contribution in [2.45, 2.75) is 49.6 Å². The fraction of sp³-hybridized carbons (Fsp3) is 0.308. The number of fused-ring (bicyclic) bond motifs is 1. The maximum atomic E-state index is 14.5. The number of hydrogen-bond acceptors (Lipinski definition) is 6. The van der Waals surface area contributed by atoms with Crippen LogP contribution in [0.4, 0.5) is 10.2 Å². The van der Waals surface area contributed by atoms with Crippen LogP contribution in [0.15, 0.2) is 59.8 Å². The fourth-order valence-corrected chi connectivity index (χ4v) is 6.01. The third-order valence-electron chi connectivity index (χ3n) is 6.69. The van der Waals surface area contributed by atoms with E-state index >= 15 is 0 Å². The summed E-state index contributed by atoms with van der Waals surface area (Å²) in [5, 5.41) is 12.8. The standard InChI is InChI=1S/C26H28FN5O3S.H2/c1-16-7-12-19(36(34,35)31-17-8-10-18(33)11-9-17)13-21(16)24-14-29-26-25(28-2)30-23(15-32(24)26)20-5-3-4-6-22(20)27;/h3-7,12-15,17-18,31,33H,8-11H2,1-2H3,(H,28,30);1H. The molecule has 190 valence electrons. The number of aliphatic hydroxyl groups excluding tert-OH is 1. The Morgan fingerprint density at radius 1 is 1.11 bits per heavy atom. The van der Waals surface area contributed by atoms with Gasteiger partial charge in [0.15, 0.2) is 11.5 Å². The Hall–Kier alpha value is -3.34. The highest BCUT2D eigenvalue weighted by Crippen LogP contribution is 2.31. The topological polar surface area (TPSA) is 109 Å². The second-order valence-electron chi connectivity index (χ2n) is 9.15. The highest BCUT2D eigenvalue weighted by molar-refractivity contribution is 7.89. The molecule has 5 rings (SSSR count). The summed E-state index contributed by atoms with van der Waals surface area (Å²) in [7, 11) is -2.05. The van der Waals surface area contributed by atoms with E-state index in [1.165, 1.54) is 6.07 Å². The molecule has 2 aromatic heterocycles. The van der Waals surface area contributed by atoms with E-state index in [1.807, 2.05) is 6.92 Å². The van der Waals surface area contributed by atoms with E-state index in [0.717, 1.165) is 5.56 Å². The van der Waals surface area contributed by atoms with E-state index in [-0.39, 0.29) is 18.5 Å². The summed E-state index contributed by atoms with van der Waals surface area (Å²) >= 11 is 0. The zero-order valence-electron chi connectivity index (χ0n) is 20.1. The van der Waals surface area contributed by atoms with Gasteiger partial charge in [-0.15, -0.1) is 0 Å². The molecule has 2 aromatic carbocycles. The van der Waals surface area contributed by atoms with Gasteiger partial charge < -0.3 is 10.4 Å². The first-order valence-electron chi connectivity index (χ1n) is 11.9. The molecular weight excluding hydrogens is 481 g/mol. The minimum absolute atomic E-state index is 0. The van der Waals surface area contributed by atoms with Crippen LogP contribution in [-0.2, 0) is 10.0 Å². The number of rotatable bonds is 6. The SMILES string of the molecule is CNc1nc(-c2ccccc2F)cn2c(-c3cc(S(=O)(=O)NC4CCC(O)CC4)ccc3C)cnc12.[HH]. The number of hydrogen-bond donors (Lipinski definition) is 3. The van der Waals surface area contributed by atoms with Crippen LogP contribution < -0.4 is 10.0 Å². The van der Waals surface area contributed by atoms with Gasteiger partial charge in [0.05, 0.1) is 28.6 Å². The Labute approximate surface area is 210 Å². The number of aromatic nitrogens is 3. The largest absolute Gasteiger partial charge is 0.393 e. The van der Waals surface area contributed by atoms with E-state index in [9.17, 15) is 17.9 Å². The fourth-order valence-electron chi connectivity index (χ4n) is 4.68. The maximum absolute atomic E-state index is 14.5. The van der Waals surface area contributed by atoms with Crippen LogP contribution in [0, 0.1) is 12.7 Å². The number of sulfonamides is 1. The highest BCUT2D eigenvalue weighted by Gasteiger charge is 2.26. The molecule has 36 heavy (non-hydrogen) atoms. The summed E-state index contributed by atoms with van der Waals surface area (Å²) < 4.78 is 45.5. The van der Waals surface area contributed by atoms with Crippen LogP contribution in [0.1, 0.15) is 32.7 Å². The van der Waals surface area contributed by atoms with Crippen molar-refractivity contribution in [2.24, 2.45) is 0 Å². The Balaban J connectivity index is 0.00000320. The lowest BCUT2D eigenvalue weighted by molar-refractivity contribution is 0.120. The lowest BCUT2D eigenvalue weighted by Gasteiger charge is -2.26. The molecule has 1 aliphatic carbocycles. The van der Waals surface area contributed by atoms with E-state index in [0.29, 0.717) is 59.7 Å².